The first-order valence-corrected chi connectivity index (χ1v) is 6.42. The number of nitrogen functional groups attached to an aromatic ring is 1. The predicted octanol–water partition coefficient (Wildman–Crippen LogP) is 2.77. The molecule has 0 aliphatic rings. The molecule has 5 nitrogen and oxygen atoms in total. The summed E-state index contributed by atoms with van der Waals surface area (Å²) >= 11 is 0. The van der Waals surface area contributed by atoms with E-state index in [1.807, 2.05) is 31.3 Å². The lowest BCUT2D eigenvalue weighted by Crippen LogP contribution is -2.05. The molecule has 21 heavy (non-hydrogen) atoms. The van der Waals surface area contributed by atoms with Crippen molar-refractivity contribution < 1.29 is 9.59 Å². The molecule has 2 aromatic carbocycles. The van der Waals surface area contributed by atoms with Crippen LogP contribution in [-0.2, 0) is 4.79 Å². The zero-order valence-corrected chi connectivity index (χ0v) is 12.1. The minimum Gasteiger partial charge on any atom is -0.397 e. The van der Waals surface area contributed by atoms with Gasteiger partial charge in [0, 0.05) is 25.2 Å². The fraction of sp³-hybridized carbons (Fsp3) is 0.125. The highest BCUT2D eigenvalue weighted by Gasteiger charge is 1.94. The number of anilines is 3. The zero-order valence-electron chi connectivity index (χ0n) is 12.1. The Morgan fingerprint density at radius 1 is 1.10 bits per heavy atom. The SMILES string of the molecule is CC(=O)Nc1ccc(C=O)cc1.CNc1ccccc1N. The maximum Gasteiger partial charge on any atom is 0.221 e. The molecule has 0 atom stereocenters. The van der Waals surface area contributed by atoms with Crippen LogP contribution in [0.25, 0.3) is 0 Å². The van der Waals surface area contributed by atoms with E-state index in [1.165, 1.54) is 6.92 Å². The Morgan fingerprint density at radius 3 is 2.14 bits per heavy atom. The molecule has 0 spiro atoms. The van der Waals surface area contributed by atoms with Crippen molar-refractivity contribution in [2.24, 2.45) is 0 Å². The van der Waals surface area contributed by atoms with Crippen molar-refractivity contribution in [3.63, 3.8) is 0 Å². The second-order valence-electron chi connectivity index (χ2n) is 4.26. The Morgan fingerprint density at radius 2 is 1.71 bits per heavy atom. The molecule has 1 amide bonds. The van der Waals surface area contributed by atoms with Crippen molar-refractivity contribution in [3.05, 3.63) is 54.1 Å². The summed E-state index contributed by atoms with van der Waals surface area (Å²) in [6.45, 7) is 1.44. The standard InChI is InChI=1S/C9H9NO2.C7H10N2/c1-7(12)10-9-4-2-8(6-11)3-5-9;1-9-7-5-3-2-4-6(7)8/h2-6H,1H3,(H,10,12);2-5,9H,8H2,1H3. The lowest BCUT2D eigenvalue weighted by molar-refractivity contribution is -0.114. The first-order chi connectivity index (χ1) is 10.1. The van der Waals surface area contributed by atoms with Crippen molar-refractivity contribution in [1.82, 2.24) is 0 Å². The molecule has 0 heterocycles. The lowest BCUT2D eigenvalue weighted by atomic mass is 10.2. The molecule has 0 aliphatic carbocycles. The molecule has 4 N–H and O–H groups in total. The van der Waals surface area contributed by atoms with Crippen LogP contribution in [0.1, 0.15) is 17.3 Å². The van der Waals surface area contributed by atoms with Crippen LogP contribution in [0, 0.1) is 0 Å². The molecule has 0 saturated carbocycles. The van der Waals surface area contributed by atoms with E-state index in [2.05, 4.69) is 10.6 Å². The quantitative estimate of drug-likeness (QED) is 0.598. The van der Waals surface area contributed by atoms with Gasteiger partial charge in [-0.3, -0.25) is 9.59 Å². The Bertz CT molecular complexity index is 595. The number of rotatable bonds is 3. The van der Waals surface area contributed by atoms with Gasteiger partial charge in [0.1, 0.15) is 6.29 Å². The van der Waals surface area contributed by atoms with E-state index >= 15 is 0 Å². The van der Waals surface area contributed by atoms with Crippen LogP contribution < -0.4 is 16.4 Å². The van der Waals surface area contributed by atoms with Crippen LogP contribution in [0.4, 0.5) is 17.1 Å². The molecule has 0 unspecified atom stereocenters. The molecular formula is C16H19N3O2. The summed E-state index contributed by atoms with van der Waals surface area (Å²) in [4.78, 5) is 20.8. The average molecular weight is 285 g/mol. The molecule has 110 valence electrons. The lowest BCUT2D eigenvalue weighted by Gasteiger charge is -2.01. The molecule has 0 radical (unpaired) electrons. The molecule has 0 fully saturated rings. The van der Waals surface area contributed by atoms with Crippen LogP contribution in [0.3, 0.4) is 0 Å². The molecule has 0 aromatic heterocycles. The Labute approximate surface area is 124 Å². The second-order valence-corrected chi connectivity index (χ2v) is 4.26. The van der Waals surface area contributed by atoms with Crippen molar-refractivity contribution in [3.8, 4) is 0 Å². The summed E-state index contributed by atoms with van der Waals surface area (Å²) in [5.41, 5.74) is 8.65. The Hall–Kier alpha value is -2.82. The maximum absolute atomic E-state index is 10.6. The smallest absolute Gasteiger partial charge is 0.221 e. The fourth-order valence-corrected chi connectivity index (χ4v) is 1.57. The number of carbonyl (C=O) groups excluding carboxylic acids is 2. The highest BCUT2D eigenvalue weighted by atomic mass is 16.1. The van der Waals surface area contributed by atoms with Crippen molar-refractivity contribution in [2.45, 2.75) is 6.92 Å². The van der Waals surface area contributed by atoms with E-state index in [4.69, 9.17) is 5.73 Å². The van der Waals surface area contributed by atoms with Crippen molar-refractivity contribution in [1.29, 1.82) is 0 Å². The fourth-order valence-electron chi connectivity index (χ4n) is 1.57. The summed E-state index contributed by atoms with van der Waals surface area (Å²) in [6, 6.07) is 14.3. The summed E-state index contributed by atoms with van der Waals surface area (Å²) in [5.74, 6) is -0.117. The molecule has 0 bridgehead atoms. The molecule has 0 saturated heterocycles. The van der Waals surface area contributed by atoms with Gasteiger partial charge >= 0.3 is 0 Å². The third-order valence-electron chi connectivity index (χ3n) is 2.60. The van der Waals surface area contributed by atoms with E-state index in [0.717, 1.165) is 17.7 Å². The number of hydrogen-bond acceptors (Lipinski definition) is 4. The number of hydrogen-bond donors (Lipinski definition) is 3. The minimum absolute atomic E-state index is 0.117. The van der Waals surface area contributed by atoms with E-state index in [0.29, 0.717) is 11.3 Å². The van der Waals surface area contributed by atoms with E-state index in [1.54, 1.807) is 24.3 Å². The Balaban J connectivity index is 0.000000219. The third-order valence-corrected chi connectivity index (χ3v) is 2.60. The van der Waals surface area contributed by atoms with Crippen molar-refractivity contribution in [2.75, 3.05) is 23.4 Å². The summed E-state index contributed by atoms with van der Waals surface area (Å²) < 4.78 is 0. The number of aldehydes is 1. The maximum atomic E-state index is 10.6. The number of para-hydroxylation sites is 2. The van der Waals surface area contributed by atoms with Gasteiger partial charge in [0.2, 0.25) is 5.91 Å². The van der Waals surface area contributed by atoms with Gasteiger partial charge in [-0.2, -0.15) is 0 Å². The van der Waals surface area contributed by atoms with Crippen LogP contribution in [0.15, 0.2) is 48.5 Å². The number of benzene rings is 2. The second kappa shape index (κ2) is 8.37. The van der Waals surface area contributed by atoms with Gasteiger partial charge in [0.15, 0.2) is 0 Å². The highest BCUT2D eigenvalue weighted by Crippen LogP contribution is 2.14. The third kappa shape index (κ3) is 5.78. The summed E-state index contributed by atoms with van der Waals surface area (Å²) in [6.07, 6.45) is 0.761. The molecular weight excluding hydrogens is 266 g/mol. The van der Waals surface area contributed by atoms with Crippen molar-refractivity contribution >= 4 is 29.3 Å². The molecule has 2 aromatic rings. The van der Waals surface area contributed by atoms with Gasteiger partial charge in [0.25, 0.3) is 0 Å². The molecule has 0 aliphatic heterocycles. The molecule has 2 rings (SSSR count). The minimum atomic E-state index is -0.117. The van der Waals surface area contributed by atoms with Crippen LogP contribution in [0.2, 0.25) is 0 Å². The number of amides is 1. The van der Waals surface area contributed by atoms with Crippen LogP contribution in [0.5, 0.6) is 0 Å². The monoisotopic (exact) mass is 285 g/mol. The Kier molecular flexibility index (Phi) is 6.47. The van der Waals surface area contributed by atoms with Crippen LogP contribution >= 0.6 is 0 Å². The first-order valence-electron chi connectivity index (χ1n) is 6.42. The number of nitrogens with two attached hydrogens (primary N) is 1. The average Bonchev–Trinajstić information content (AvgIpc) is 2.49. The highest BCUT2D eigenvalue weighted by molar-refractivity contribution is 5.89. The normalized spacial score (nSPS) is 9.05. The molecule has 5 heteroatoms. The van der Waals surface area contributed by atoms with Gasteiger partial charge in [-0.15, -0.1) is 0 Å². The van der Waals surface area contributed by atoms with E-state index in [-0.39, 0.29) is 5.91 Å². The van der Waals surface area contributed by atoms with E-state index < -0.39 is 0 Å². The number of nitrogens with one attached hydrogen (secondary N) is 2. The largest absolute Gasteiger partial charge is 0.397 e. The number of carbonyl (C=O) groups is 2. The van der Waals surface area contributed by atoms with E-state index in [9.17, 15) is 9.59 Å². The zero-order chi connectivity index (χ0) is 15.7. The van der Waals surface area contributed by atoms with Gasteiger partial charge in [-0.25, -0.2) is 0 Å². The van der Waals surface area contributed by atoms with Gasteiger partial charge in [-0.1, -0.05) is 12.1 Å². The first kappa shape index (κ1) is 16.2. The predicted molar refractivity (Wildman–Crippen MR) is 86.5 cm³/mol. The van der Waals surface area contributed by atoms with Gasteiger partial charge < -0.3 is 16.4 Å². The van der Waals surface area contributed by atoms with Gasteiger partial charge in [0.05, 0.1) is 11.4 Å². The topological polar surface area (TPSA) is 84.2 Å². The summed E-state index contributed by atoms with van der Waals surface area (Å²) in [5, 5.41) is 5.57. The van der Waals surface area contributed by atoms with Gasteiger partial charge in [-0.05, 0) is 36.4 Å². The summed E-state index contributed by atoms with van der Waals surface area (Å²) in [7, 11) is 1.85. The van der Waals surface area contributed by atoms with Crippen LogP contribution in [-0.4, -0.2) is 19.2 Å².